The van der Waals surface area contributed by atoms with Crippen LogP contribution in [0.25, 0.3) is 0 Å². The van der Waals surface area contributed by atoms with E-state index in [1.807, 2.05) is 0 Å². The summed E-state index contributed by atoms with van der Waals surface area (Å²) in [5.41, 5.74) is 1.30. The number of anilines is 1. The molecule has 0 saturated carbocycles. The maximum atomic E-state index is 12.6. The average molecular weight is 303 g/mol. The van der Waals surface area contributed by atoms with Crippen LogP contribution in [0.3, 0.4) is 0 Å². The summed E-state index contributed by atoms with van der Waals surface area (Å²) in [6, 6.07) is 4.68. The van der Waals surface area contributed by atoms with Crippen molar-refractivity contribution in [2.24, 2.45) is 5.92 Å². The zero-order valence-corrected chi connectivity index (χ0v) is 12.8. The van der Waals surface area contributed by atoms with Crippen LogP contribution >= 0.6 is 0 Å². The van der Waals surface area contributed by atoms with Gasteiger partial charge in [-0.15, -0.1) is 0 Å². The van der Waals surface area contributed by atoms with Gasteiger partial charge < -0.3 is 9.80 Å². The number of nitro groups is 1. The second-order valence-corrected chi connectivity index (χ2v) is 6.27. The second kappa shape index (κ2) is 5.94. The van der Waals surface area contributed by atoms with Crippen LogP contribution in [0.5, 0.6) is 0 Å². The van der Waals surface area contributed by atoms with Crippen molar-refractivity contribution in [1.29, 1.82) is 0 Å². The molecule has 6 heteroatoms. The van der Waals surface area contributed by atoms with Crippen molar-refractivity contribution >= 4 is 17.3 Å². The lowest BCUT2D eigenvalue weighted by Crippen LogP contribution is -2.43. The van der Waals surface area contributed by atoms with Gasteiger partial charge >= 0.3 is 0 Å². The predicted octanol–water partition coefficient (Wildman–Crippen LogP) is 2.68. The Morgan fingerprint density at radius 3 is 2.45 bits per heavy atom. The highest BCUT2D eigenvalue weighted by Crippen LogP contribution is 2.31. The van der Waals surface area contributed by atoms with E-state index in [-0.39, 0.29) is 11.6 Å². The van der Waals surface area contributed by atoms with Crippen molar-refractivity contribution in [3.63, 3.8) is 0 Å². The topological polar surface area (TPSA) is 66.7 Å². The number of nitrogens with zero attached hydrogens (tertiary/aromatic N) is 3. The van der Waals surface area contributed by atoms with Crippen molar-refractivity contribution in [2.75, 3.05) is 31.1 Å². The Bertz CT molecular complexity index is 590. The maximum absolute atomic E-state index is 12.6. The van der Waals surface area contributed by atoms with Crippen LogP contribution in [0.2, 0.25) is 0 Å². The van der Waals surface area contributed by atoms with Crippen LogP contribution in [0.4, 0.5) is 11.4 Å². The van der Waals surface area contributed by atoms with Gasteiger partial charge in [0.2, 0.25) is 0 Å². The molecule has 2 fully saturated rings. The Hall–Kier alpha value is -2.11. The number of hydrogen-bond acceptors (Lipinski definition) is 4. The summed E-state index contributed by atoms with van der Waals surface area (Å²) in [6.45, 7) is 5.54. The molecule has 0 unspecified atom stereocenters. The van der Waals surface area contributed by atoms with Crippen LogP contribution in [0, 0.1) is 16.0 Å². The monoisotopic (exact) mass is 303 g/mol. The molecule has 0 aromatic heterocycles. The number of likely N-dealkylation sites (tertiary alicyclic amines) is 1. The lowest BCUT2D eigenvalue weighted by molar-refractivity contribution is -0.384. The molecule has 118 valence electrons. The summed E-state index contributed by atoms with van der Waals surface area (Å²) < 4.78 is 0. The number of nitro benzene ring substituents is 1. The third-order valence-corrected chi connectivity index (χ3v) is 4.69. The highest BCUT2D eigenvalue weighted by atomic mass is 16.6. The largest absolute Gasteiger partial charge is 0.371 e. The fourth-order valence-corrected chi connectivity index (χ4v) is 3.02. The smallest absolute Gasteiger partial charge is 0.270 e. The van der Waals surface area contributed by atoms with Gasteiger partial charge in [-0.25, -0.2) is 0 Å². The van der Waals surface area contributed by atoms with Crippen molar-refractivity contribution in [3.8, 4) is 0 Å². The van der Waals surface area contributed by atoms with Gasteiger partial charge in [0.1, 0.15) is 0 Å². The normalized spacial score (nSPS) is 19.0. The first-order valence-electron chi connectivity index (χ1n) is 7.89. The van der Waals surface area contributed by atoms with Crippen molar-refractivity contribution in [1.82, 2.24) is 4.90 Å². The van der Waals surface area contributed by atoms with Crippen LogP contribution in [-0.2, 0) is 0 Å². The molecule has 2 aliphatic rings. The minimum Gasteiger partial charge on any atom is -0.371 e. The maximum Gasteiger partial charge on any atom is 0.270 e. The molecule has 6 nitrogen and oxygen atoms in total. The minimum atomic E-state index is -0.436. The van der Waals surface area contributed by atoms with Gasteiger partial charge in [0.05, 0.1) is 16.2 Å². The molecule has 0 aliphatic carbocycles. The van der Waals surface area contributed by atoms with E-state index >= 15 is 0 Å². The lowest BCUT2D eigenvalue weighted by Gasteiger charge is -2.35. The van der Waals surface area contributed by atoms with E-state index in [0.717, 1.165) is 51.1 Å². The molecule has 2 heterocycles. The molecule has 1 aromatic rings. The summed E-state index contributed by atoms with van der Waals surface area (Å²) >= 11 is 0. The van der Waals surface area contributed by atoms with E-state index in [1.54, 1.807) is 11.0 Å². The van der Waals surface area contributed by atoms with Gasteiger partial charge in [-0.1, -0.05) is 6.92 Å². The number of non-ortho nitro benzene ring substituents is 1. The summed E-state index contributed by atoms with van der Waals surface area (Å²) in [5, 5.41) is 11.0. The third-order valence-electron chi connectivity index (χ3n) is 4.69. The molecule has 0 bridgehead atoms. The molecule has 2 saturated heterocycles. The van der Waals surface area contributed by atoms with E-state index in [4.69, 9.17) is 0 Å². The highest BCUT2D eigenvalue weighted by molar-refractivity contribution is 6.01. The van der Waals surface area contributed by atoms with Gasteiger partial charge in [-0.05, 0) is 31.2 Å². The molecular weight excluding hydrogens is 282 g/mol. The number of carbonyl (C=O) groups excluding carboxylic acids is 1. The first-order chi connectivity index (χ1) is 10.6. The van der Waals surface area contributed by atoms with Crippen molar-refractivity contribution < 1.29 is 9.72 Å². The molecule has 3 rings (SSSR count). The summed E-state index contributed by atoms with van der Waals surface area (Å²) in [4.78, 5) is 27.1. The van der Waals surface area contributed by atoms with Crippen molar-refractivity contribution in [3.05, 3.63) is 33.9 Å². The zero-order valence-electron chi connectivity index (χ0n) is 12.8. The van der Waals surface area contributed by atoms with Gasteiger partial charge in [-0.2, -0.15) is 0 Å². The van der Waals surface area contributed by atoms with E-state index in [1.165, 1.54) is 12.1 Å². The Balaban J connectivity index is 1.93. The second-order valence-electron chi connectivity index (χ2n) is 6.27. The number of carbonyl (C=O) groups is 1. The number of piperidine rings is 1. The summed E-state index contributed by atoms with van der Waals surface area (Å²) in [6.07, 6.45) is 3.19. The van der Waals surface area contributed by atoms with Gasteiger partial charge in [0.25, 0.3) is 11.6 Å². The lowest BCUT2D eigenvalue weighted by atomic mass is 9.97. The standard InChI is InChI=1S/C16H21N3O3/c1-12-5-9-17(10-6-12)15-4-3-13(19(21)22)11-14(15)16(20)18-7-2-8-18/h3-4,11-12H,2,5-10H2,1H3. The zero-order chi connectivity index (χ0) is 15.7. The van der Waals surface area contributed by atoms with Crippen LogP contribution in [-0.4, -0.2) is 41.9 Å². The molecule has 1 aromatic carbocycles. The number of rotatable bonds is 3. The number of amides is 1. The summed E-state index contributed by atoms with van der Waals surface area (Å²) in [5.74, 6) is 0.618. The van der Waals surface area contributed by atoms with Gasteiger partial charge in [0.15, 0.2) is 0 Å². The fourth-order valence-electron chi connectivity index (χ4n) is 3.02. The number of benzene rings is 1. The number of hydrogen-bond donors (Lipinski definition) is 0. The van der Waals surface area contributed by atoms with E-state index in [2.05, 4.69) is 11.8 Å². The Kier molecular flexibility index (Phi) is 4.00. The van der Waals surface area contributed by atoms with Crippen LogP contribution < -0.4 is 4.90 Å². The van der Waals surface area contributed by atoms with Gasteiger partial charge in [0, 0.05) is 38.3 Å². The first kappa shape index (κ1) is 14.8. The van der Waals surface area contributed by atoms with E-state index < -0.39 is 4.92 Å². The van der Waals surface area contributed by atoms with Crippen LogP contribution in [0.1, 0.15) is 36.5 Å². The third kappa shape index (κ3) is 2.77. The molecule has 0 spiro atoms. The Morgan fingerprint density at radius 2 is 1.91 bits per heavy atom. The van der Waals surface area contributed by atoms with Gasteiger partial charge in [-0.3, -0.25) is 14.9 Å². The Labute approximate surface area is 129 Å². The molecule has 0 atom stereocenters. The predicted molar refractivity (Wildman–Crippen MR) is 84.2 cm³/mol. The molecule has 1 amide bonds. The minimum absolute atomic E-state index is 0.0157. The highest BCUT2D eigenvalue weighted by Gasteiger charge is 2.28. The molecule has 0 N–H and O–H groups in total. The quantitative estimate of drug-likeness (QED) is 0.636. The first-order valence-corrected chi connectivity index (χ1v) is 7.89. The summed E-state index contributed by atoms with van der Waals surface area (Å²) in [7, 11) is 0. The van der Waals surface area contributed by atoms with Crippen LogP contribution in [0.15, 0.2) is 18.2 Å². The molecule has 2 aliphatic heterocycles. The fraction of sp³-hybridized carbons (Fsp3) is 0.562. The molecule has 22 heavy (non-hydrogen) atoms. The Morgan fingerprint density at radius 1 is 1.23 bits per heavy atom. The SMILES string of the molecule is CC1CCN(c2ccc([N+](=O)[O-])cc2C(=O)N2CCC2)CC1. The average Bonchev–Trinajstić information content (AvgIpc) is 2.45. The molecular formula is C16H21N3O3. The van der Waals surface area contributed by atoms with E-state index in [9.17, 15) is 14.9 Å². The molecule has 0 radical (unpaired) electrons. The van der Waals surface area contributed by atoms with E-state index in [0.29, 0.717) is 11.5 Å². The van der Waals surface area contributed by atoms with Crippen molar-refractivity contribution in [2.45, 2.75) is 26.2 Å².